The molecule has 2 atom stereocenters. The molecule has 1 aromatic carbocycles. The Morgan fingerprint density at radius 3 is 2.89 bits per heavy atom. The molecule has 0 saturated carbocycles. The molecule has 2 unspecified atom stereocenters. The highest BCUT2D eigenvalue weighted by atomic mass is 79.9. The monoisotopic (exact) mass is 323 g/mol. The first-order valence-electron chi connectivity index (χ1n) is 7.14. The summed E-state index contributed by atoms with van der Waals surface area (Å²) in [6, 6.07) is 8.77. The average Bonchev–Trinajstić information content (AvgIpc) is 2.44. The molecule has 1 aliphatic carbocycles. The third kappa shape index (κ3) is 4.07. The van der Waals surface area contributed by atoms with Crippen molar-refractivity contribution >= 4 is 21.8 Å². The Balaban J connectivity index is 1.88. The van der Waals surface area contributed by atoms with Crippen molar-refractivity contribution in [1.82, 2.24) is 5.32 Å². The topological polar surface area (TPSA) is 29.1 Å². The molecule has 2 nitrogen and oxygen atoms in total. The molecule has 104 valence electrons. The molecule has 0 bridgehead atoms. The van der Waals surface area contributed by atoms with Gasteiger partial charge >= 0.3 is 0 Å². The standard InChI is InChI=1S/C16H22BrNO/c1-12(5-4-10-17)18-16(19)15-9-8-13-6-2-3-7-14(13)11-15/h2-3,6-7,12,15H,4-5,8-11H2,1H3,(H,18,19). The van der Waals surface area contributed by atoms with E-state index in [1.807, 2.05) is 0 Å². The molecule has 0 aliphatic heterocycles. The number of amides is 1. The van der Waals surface area contributed by atoms with Gasteiger partial charge in [-0.05, 0) is 50.2 Å². The summed E-state index contributed by atoms with van der Waals surface area (Å²) < 4.78 is 0. The molecule has 0 radical (unpaired) electrons. The highest BCUT2D eigenvalue weighted by Crippen LogP contribution is 2.25. The van der Waals surface area contributed by atoms with E-state index in [4.69, 9.17) is 0 Å². The summed E-state index contributed by atoms with van der Waals surface area (Å²) in [4.78, 5) is 12.3. The minimum absolute atomic E-state index is 0.154. The molecule has 1 amide bonds. The fourth-order valence-electron chi connectivity index (χ4n) is 2.74. The van der Waals surface area contributed by atoms with E-state index in [0.717, 1.165) is 37.4 Å². The van der Waals surface area contributed by atoms with Crippen LogP contribution in [0.4, 0.5) is 0 Å². The Hall–Kier alpha value is -0.830. The van der Waals surface area contributed by atoms with Crippen LogP contribution in [0.1, 0.15) is 37.3 Å². The van der Waals surface area contributed by atoms with Crippen LogP contribution in [0.5, 0.6) is 0 Å². The second-order valence-corrected chi connectivity index (χ2v) is 6.24. The van der Waals surface area contributed by atoms with Crippen LogP contribution in [0.25, 0.3) is 0 Å². The average molecular weight is 324 g/mol. The highest BCUT2D eigenvalue weighted by Gasteiger charge is 2.24. The third-order valence-corrected chi connectivity index (χ3v) is 4.44. The van der Waals surface area contributed by atoms with E-state index in [2.05, 4.69) is 52.4 Å². The zero-order chi connectivity index (χ0) is 13.7. The normalized spacial score (nSPS) is 19.6. The van der Waals surface area contributed by atoms with E-state index in [1.54, 1.807) is 0 Å². The lowest BCUT2D eigenvalue weighted by Crippen LogP contribution is -2.39. The van der Waals surface area contributed by atoms with Crippen molar-refractivity contribution < 1.29 is 4.79 Å². The minimum atomic E-state index is 0.154. The van der Waals surface area contributed by atoms with Crippen LogP contribution in [0, 0.1) is 5.92 Å². The van der Waals surface area contributed by atoms with Gasteiger partial charge in [-0.25, -0.2) is 0 Å². The number of hydrogen-bond acceptors (Lipinski definition) is 1. The SMILES string of the molecule is CC(CCCBr)NC(=O)C1CCc2ccccc2C1. The molecule has 0 aromatic heterocycles. The fraction of sp³-hybridized carbons (Fsp3) is 0.562. The maximum atomic E-state index is 12.3. The number of benzene rings is 1. The van der Waals surface area contributed by atoms with Gasteiger partial charge in [0.15, 0.2) is 0 Å². The number of rotatable bonds is 5. The first-order chi connectivity index (χ1) is 9.20. The molecule has 1 aliphatic rings. The molecule has 0 spiro atoms. The van der Waals surface area contributed by atoms with E-state index in [-0.39, 0.29) is 17.9 Å². The van der Waals surface area contributed by atoms with Gasteiger partial charge in [-0.3, -0.25) is 4.79 Å². The van der Waals surface area contributed by atoms with Gasteiger partial charge in [-0.15, -0.1) is 0 Å². The summed E-state index contributed by atoms with van der Waals surface area (Å²) in [5.41, 5.74) is 2.76. The minimum Gasteiger partial charge on any atom is -0.353 e. The zero-order valence-corrected chi connectivity index (χ0v) is 13.1. The van der Waals surface area contributed by atoms with E-state index in [9.17, 15) is 4.79 Å². The van der Waals surface area contributed by atoms with Crippen molar-refractivity contribution in [2.24, 2.45) is 5.92 Å². The first-order valence-corrected chi connectivity index (χ1v) is 8.26. The number of nitrogens with one attached hydrogen (secondary N) is 1. The van der Waals surface area contributed by atoms with Gasteiger partial charge in [0.25, 0.3) is 0 Å². The summed E-state index contributed by atoms with van der Waals surface area (Å²) in [7, 11) is 0. The molecular formula is C16H22BrNO. The van der Waals surface area contributed by atoms with Crippen molar-refractivity contribution in [3.05, 3.63) is 35.4 Å². The third-order valence-electron chi connectivity index (χ3n) is 3.88. The van der Waals surface area contributed by atoms with E-state index in [0.29, 0.717) is 0 Å². The Kier molecular flexibility index (Phi) is 5.44. The molecule has 1 aromatic rings. The van der Waals surface area contributed by atoms with Crippen LogP contribution < -0.4 is 5.32 Å². The summed E-state index contributed by atoms with van der Waals surface area (Å²) in [6.07, 6.45) is 5.06. The molecule has 0 fully saturated rings. The molecule has 0 saturated heterocycles. The van der Waals surface area contributed by atoms with Crippen molar-refractivity contribution in [2.75, 3.05) is 5.33 Å². The summed E-state index contributed by atoms with van der Waals surface area (Å²) >= 11 is 3.43. The van der Waals surface area contributed by atoms with Crippen LogP contribution >= 0.6 is 15.9 Å². The summed E-state index contributed by atoms with van der Waals surface area (Å²) in [5.74, 6) is 0.387. The van der Waals surface area contributed by atoms with Crippen LogP contribution in [0.3, 0.4) is 0 Å². The lowest BCUT2D eigenvalue weighted by atomic mass is 9.83. The van der Waals surface area contributed by atoms with Gasteiger partial charge in [0.1, 0.15) is 0 Å². The molecule has 2 rings (SSSR count). The Bertz CT molecular complexity index is 433. The smallest absolute Gasteiger partial charge is 0.223 e. The highest BCUT2D eigenvalue weighted by molar-refractivity contribution is 9.09. The lowest BCUT2D eigenvalue weighted by Gasteiger charge is -2.25. The molecule has 3 heteroatoms. The maximum absolute atomic E-state index is 12.3. The number of carbonyl (C=O) groups is 1. The number of fused-ring (bicyclic) bond motifs is 1. The van der Waals surface area contributed by atoms with E-state index in [1.165, 1.54) is 11.1 Å². The van der Waals surface area contributed by atoms with Gasteiger partial charge in [0.05, 0.1) is 0 Å². The van der Waals surface area contributed by atoms with E-state index >= 15 is 0 Å². The van der Waals surface area contributed by atoms with Gasteiger partial charge in [-0.2, -0.15) is 0 Å². The maximum Gasteiger partial charge on any atom is 0.223 e. The van der Waals surface area contributed by atoms with E-state index < -0.39 is 0 Å². The van der Waals surface area contributed by atoms with Gasteiger partial charge in [0, 0.05) is 17.3 Å². The van der Waals surface area contributed by atoms with Gasteiger partial charge < -0.3 is 5.32 Å². The van der Waals surface area contributed by atoms with Gasteiger partial charge in [0.2, 0.25) is 5.91 Å². The Morgan fingerprint density at radius 2 is 2.16 bits per heavy atom. The van der Waals surface area contributed by atoms with Crippen molar-refractivity contribution in [3.8, 4) is 0 Å². The van der Waals surface area contributed by atoms with Crippen LogP contribution in [-0.4, -0.2) is 17.3 Å². The quantitative estimate of drug-likeness (QED) is 0.826. The van der Waals surface area contributed by atoms with Crippen LogP contribution in [-0.2, 0) is 17.6 Å². The molecule has 1 N–H and O–H groups in total. The lowest BCUT2D eigenvalue weighted by molar-refractivity contribution is -0.126. The second kappa shape index (κ2) is 7.09. The second-order valence-electron chi connectivity index (χ2n) is 5.45. The van der Waals surface area contributed by atoms with Crippen molar-refractivity contribution in [2.45, 2.75) is 45.1 Å². The van der Waals surface area contributed by atoms with Gasteiger partial charge in [-0.1, -0.05) is 40.2 Å². The predicted octanol–water partition coefficient (Wildman–Crippen LogP) is 3.47. The van der Waals surface area contributed by atoms with Crippen molar-refractivity contribution in [1.29, 1.82) is 0 Å². The predicted molar refractivity (Wildman–Crippen MR) is 82.6 cm³/mol. The first kappa shape index (κ1) is 14.6. The zero-order valence-electron chi connectivity index (χ0n) is 11.5. The largest absolute Gasteiger partial charge is 0.353 e. The van der Waals surface area contributed by atoms with Crippen LogP contribution in [0.2, 0.25) is 0 Å². The number of carbonyl (C=O) groups excluding carboxylic acids is 1. The fourth-order valence-corrected chi connectivity index (χ4v) is 3.06. The Morgan fingerprint density at radius 1 is 1.42 bits per heavy atom. The number of hydrogen-bond donors (Lipinski definition) is 1. The summed E-state index contributed by atoms with van der Waals surface area (Å²) in [6.45, 7) is 2.09. The summed E-state index contributed by atoms with van der Waals surface area (Å²) in [5, 5.41) is 4.16. The van der Waals surface area contributed by atoms with Crippen LogP contribution in [0.15, 0.2) is 24.3 Å². The number of alkyl halides is 1. The molecule has 19 heavy (non-hydrogen) atoms. The molecular weight excluding hydrogens is 302 g/mol. The number of aryl methyl sites for hydroxylation is 1. The Labute approximate surface area is 124 Å². The number of halogens is 1. The van der Waals surface area contributed by atoms with Crippen molar-refractivity contribution in [3.63, 3.8) is 0 Å². The molecule has 0 heterocycles.